The number of nitrogens with zero attached hydrogens (tertiary/aromatic N) is 2. The lowest BCUT2D eigenvalue weighted by Crippen LogP contribution is -2.04. The number of fused-ring (bicyclic) bond motifs is 1. The molecule has 19 heavy (non-hydrogen) atoms. The summed E-state index contributed by atoms with van der Waals surface area (Å²) in [5.41, 5.74) is 1.11. The highest BCUT2D eigenvalue weighted by atomic mass is 32.1. The average Bonchev–Trinajstić information content (AvgIpc) is 3.05. The highest BCUT2D eigenvalue weighted by Gasteiger charge is 2.14. The van der Waals surface area contributed by atoms with E-state index in [0.717, 1.165) is 10.4 Å². The average molecular weight is 270 g/mol. The van der Waals surface area contributed by atoms with Gasteiger partial charge in [-0.25, -0.2) is 4.98 Å². The Balaban J connectivity index is 1.83. The highest BCUT2D eigenvalue weighted by molar-refractivity contribution is 7.21. The Bertz CT molecular complexity index is 713. The topological polar surface area (TPSA) is 34.9 Å². The van der Waals surface area contributed by atoms with Crippen LogP contribution in [-0.2, 0) is 6.54 Å². The SMILES string of the molecule is Cc1c(C(=O)CCn2ccnc2)sc2ccccc12. The lowest BCUT2D eigenvalue weighted by molar-refractivity contribution is 0.0980. The van der Waals surface area contributed by atoms with E-state index in [-0.39, 0.29) is 5.78 Å². The second-order valence-electron chi connectivity index (χ2n) is 4.53. The van der Waals surface area contributed by atoms with Crippen molar-refractivity contribution >= 4 is 27.2 Å². The second kappa shape index (κ2) is 4.97. The van der Waals surface area contributed by atoms with Crippen molar-refractivity contribution in [2.45, 2.75) is 19.9 Å². The Hall–Kier alpha value is -1.94. The number of Topliss-reactive ketones (excluding diaryl/α,β-unsaturated/α-hetero) is 1. The van der Waals surface area contributed by atoms with Gasteiger partial charge in [-0.3, -0.25) is 4.79 Å². The Morgan fingerprint density at radius 1 is 1.37 bits per heavy atom. The molecule has 2 heterocycles. The first-order valence-corrected chi connectivity index (χ1v) is 7.04. The van der Waals surface area contributed by atoms with Crippen molar-refractivity contribution in [3.05, 3.63) is 53.4 Å². The maximum atomic E-state index is 12.3. The van der Waals surface area contributed by atoms with Crippen LogP contribution in [0.25, 0.3) is 10.1 Å². The van der Waals surface area contributed by atoms with Crippen molar-refractivity contribution in [3.8, 4) is 0 Å². The summed E-state index contributed by atoms with van der Waals surface area (Å²) in [4.78, 5) is 17.2. The molecule has 0 spiro atoms. The zero-order chi connectivity index (χ0) is 13.2. The molecule has 0 radical (unpaired) electrons. The number of aryl methyl sites for hydroxylation is 2. The quantitative estimate of drug-likeness (QED) is 0.678. The van der Waals surface area contributed by atoms with E-state index in [1.165, 1.54) is 10.1 Å². The first-order chi connectivity index (χ1) is 9.25. The van der Waals surface area contributed by atoms with E-state index in [2.05, 4.69) is 17.1 Å². The van der Waals surface area contributed by atoms with Gasteiger partial charge in [0.25, 0.3) is 0 Å². The third-order valence-corrected chi connectivity index (χ3v) is 4.57. The fourth-order valence-corrected chi connectivity index (χ4v) is 3.38. The normalized spacial score (nSPS) is 11.0. The van der Waals surface area contributed by atoms with Gasteiger partial charge in [-0.15, -0.1) is 11.3 Å². The molecular weight excluding hydrogens is 256 g/mol. The van der Waals surface area contributed by atoms with Gasteiger partial charge < -0.3 is 4.57 Å². The lowest BCUT2D eigenvalue weighted by atomic mass is 10.1. The number of hydrogen-bond acceptors (Lipinski definition) is 3. The van der Waals surface area contributed by atoms with E-state index in [4.69, 9.17) is 0 Å². The zero-order valence-corrected chi connectivity index (χ0v) is 11.5. The maximum Gasteiger partial charge on any atom is 0.174 e. The van der Waals surface area contributed by atoms with Crippen LogP contribution in [0.1, 0.15) is 21.7 Å². The second-order valence-corrected chi connectivity index (χ2v) is 5.58. The van der Waals surface area contributed by atoms with Crippen LogP contribution in [0, 0.1) is 6.92 Å². The summed E-state index contributed by atoms with van der Waals surface area (Å²) in [6.45, 7) is 2.72. The van der Waals surface area contributed by atoms with Crippen molar-refractivity contribution < 1.29 is 4.79 Å². The number of aromatic nitrogens is 2. The largest absolute Gasteiger partial charge is 0.337 e. The molecule has 3 rings (SSSR count). The smallest absolute Gasteiger partial charge is 0.174 e. The molecule has 0 saturated carbocycles. The predicted molar refractivity (Wildman–Crippen MR) is 77.7 cm³/mol. The molecule has 0 aliphatic heterocycles. The number of carbonyl (C=O) groups excluding carboxylic acids is 1. The van der Waals surface area contributed by atoms with Gasteiger partial charge in [-0.2, -0.15) is 0 Å². The van der Waals surface area contributed by atoms with Crippen molar-refractivity contribution in [2.24, 2.45) is 0 Å². The zero-order valence-electron chi connectivity index (χ0n) is 10.7. The third-order valence-electron chi connectivity index (χ3n) is 3.25. The number of carbonyl (C=O) groups is 1. The van der Waals surface area contributed by atoms with Gasteiger partial charge in [-0.05, 0) is 23.9 Å². The number of rotatable bonds is 4. The van der Waals surface area contributed by atoms with E-state index in [1.54, 1.807) is 23.9 Å². The van der Waals surface area contributed by atoms with Crippen molar-refractivity contribution in [3.63, 3.8) is 0 Å². The number of ketones is 1. The molecular formula is C15H14N2OS. The number of hydrogen-bond donors (Lipinski definition) is 0. The molecule has 0 N–H and O–H groups in total. The molecule has 0 aliphatic carbocycles. The molecule has 4 heteroatoms. The summed E-state index contributed by atoms with van der Waals surface area (Å²) >= 11 is 1.59. The monoisotopic (exact) mass is 270 g/mol. The van der Waals surface area contributed by atoms with Gasteiger partial charge in [0, 0.05) is 30.1 Å². The molecule has 1 aromatic carbocycles. The molecule has 0 fully saturated rings. The van der Waals surface area contributed by atoms with Gasteiger partial charge in [0.2, 0.25) is 0 Å². The molecule has 2 aromatic heterocycles. The van der Waals surface area contributed by atoms with E-state index >= 15 is 0 Å². The first kappa shape index (κ1) is 12.1. The van der Waals surface area contributed by atoms with Crippen LogP contribution in [0.3, 0.4) is 0 Å². The number of thiophene rings is 1. The van der Waals surface area contributed by atoms with Gasteiger partial charge in [0.1, 0.15) is 0 Å². The summed E-state index contributed by atoms with van der Waals surface area (Å²) in [6, 6.07) is 8.17. The van der Waals surface area contributed by atoms with E-state index in [1.807, 2.05) is 29.8 Å². The van der Waals surface area contributed by atoms with Crippen LogP contribution >= 0.6 is 11.3 Å². The van der Waals surface area contributed by atoms with Crippen LogP contribution in [0.5, 0.6) is 0 Å². The van der Waals surface area contributed by atoms with Crippen LogP contribution in [-0.4, -0.2) is 15.3 Å². The summed E-state index contributed by atoms with van der Waals surface area (Å²) in [5.74, 6) is 0.215. The Morgan fingerprint density at radius 3 is 2.95 bits per heavy atom. The molecule has 0 saturated heterocycles. The standard InChI is InChI=1S/C15H14N2OS/c1-11-12-4-2-3-5-14(12)19-15(11)13(18)6-8-17-9-7-16-10-17/h2-5,7,9-10H,6,8H2,1H3. The molecule has 0 unspecified atom stereocenters. The summed E-state index contributed by atoms with van der Waals surface area (Å²) in [7, 11) is 0. The Morgan fingerprint density at radius 2 is 2.21 bits per heavy atom. The molecule has 0 aliphatic rings. The third kappa shape index (κ3) is 2.31. The maximum absolute atomic E-state index is 12.3. The molecule has 3 aromatic rings. The summed E-state index contributed by atoms with van der Waals surface area (Å²) < 4.78 is 3.12. The van der Waals surface area contributed by atoms with E-state index < -0.39 is 0 Å². The van der Waals surface area contributed by atoms with Crippen LogP contribution in [0.15, 0.2) is 43.0 Å². The lowest BCUT2D eigenvalue weighted by Gasteiger charge is -2.01. The van der Waals surface area contributed by atoms with E-state index in [0.29, 0.717) is 13.0 Å². The first-order valence-electron chi connectivity index (χ1n) is 6.23. The van der Waals surface area contributed by atoms with Gasteiger partial charge in [-0.1, -0.05) is 18.2 Å². The Kier molecular flexibility index (Phi) is 3.17. The molecule has 0 bridgehead atoms. The number of imidazole rings is 1. The van der Waals surface area contributed by atoms with Gasteiger partial charge in [0.15, 0.2) is 5.78 Å². The highest BCUT2D eigenvalue weighted by Crippen LogP contribution is 2.31. The Labute approximate surface area is 115 Å². The molecule has 0 atom stereocenters. The predicted octanol–water partition coefficient (Wildman–Crippen LogP) is 3.68. The molecule has 3 nitrogen and oxygen atoms in total. The van der Waals surface area contributed by atoms with Crippen molar-refractivity contribution in [1.82, 2.24) is 9.55 Å². The van der Waals surface area contributed by atoms with Gasteiger partial charge >= 0.3 is 0 Å². The summed E-state index contributed by atoms with van der Waals surface area (Å²) in [5, 5.41) is 1.19. The van der Waals surface area contributed by atoms with E-state index in [9.17, 15) is 4.79 Å². The molecule has 96 valence electrons. The fourth-order valence-electron chi connectivity index (χ4n) is 2.20. The van der Waals surface area contributed by atoms with Crippen LogP contribution in [0.4, 0.5) is 0 Å². The van der Waals surface area contributed by atoms with Crippen molar-refractivity contribution in [2.75, 3.05) is 0 Å². The van der Waals surface area contributed by atoms with Crippen molar-refractivity contribution in [1.29, 1.82) is 0 Å². The van der Waals surface area contributed by atoms with Gasteiger partial charge in [0.05, 0.1) is 11.2 Å². The van der Waals surface area contributed by atoms with Crippen LogP contribution < -0.4 is 0 Å². The van der Waals surface area contributed by atoms with Crippen LogP contribution in [0.2, 0.25) is 0 Å². The number of benzene rings is 1. The fraction of sp³-hybridized carbons (Fsp3) is 0.200. The molecule has 0 amide bonds. The minimum Gasteiger partial charge on any atom is -0.337 e. The minimum atomic E-state index is 0.215. The summed E-state index contributed by atoms with van der Waals surface area (Å²) in [6.07, 6.45) is 5.87. The minimum absolute atomic E-state index is 0.215.